The molecule has 1 saturated heterocycles. The number of nitrogens with zero attached hydrogens (tertiary/aromatic N) is 3. The second kappa shape index (κ2) is 6.72. The Bertz CT molecular complexity index is 920. The van der Waals surface area contributed by atoms with Gasteiger partial charge in [-0.1, -0.05) is 25.6 Å². The van der Waals surface area contributed by atoms with E-state index in [1.54, 1.807) is 23.1 Å². The van der Waals surface area contributed by atoms with Crippen LogP contribution in [0.2, 0.25) is 0 Å². The molecular weight excluding hydrogens is 398 g/mol. The topological polar surface area (TPSA) is 71.8 Å². The molecule has 3 aliphatic rings. The third-order valence-corrected chi connectivity index (χ3v) is 9.88. The molecule has 144 valence electrons. The maximum absolute atomic E-state index is 13.1. The number of piperidine rings is 1. The maximum atomic E-state index is 13.1. The molecule has 2 aromatic rings. The molecule has 5 rings (SSSR count). The fourth-order valence-electron chi connectivity index (χ4n) is 4.30. The highest BCUT2D eigenvalue weighted by Gasteiger charge is 2.51. The second-order valence-electron chi connectivity index (χ2n) is 7.78. The molecule has 2 aromatic heterocycles. The predicted octanol–water partition coefficient (Wildman–Crippen LogP) is 3.29. The largest absolute Gasteiger partial charge is 0.295 e. The minimum Gasteiger partial charge on any atom is -0.295 e. The summed E-state index contributed by atoms with van der Waals surface area (Å²) in [5, 5.41) is 7.17. The van der Waals surface area contributed by atoms with Crippen molar-refractivity contribution in [1.82, 2.24) is 20.0 Å². The summed E-state index contributed by atoms with van der Waals surface area (Å²) in [6, 6.07) is 0.227. The van der Waals surface area contributed by atoms with Crippen LogP contribution in [-0.4, -0.2) is 30.0 Å². The first-order valence-corrected chi connectivity index (χ1v) is 12.4. The molecule has 9 heteroatoms. The van der Waals surface area contributed by atoms with Crippen molar-refractivity contribution >= 4 is 33.9 Å². The lowest BCUT2D eigenvalue weighted by Crippen LogP contribution is -2.48. The van der Waals surface area contributed by atoms with E-state index in [4.69, 9.17) is 0 Å². The number of hydrogen-bond acceptors (Lipinski definition) is 7. The Morgan fingerprint density at radius 1 is 1.41 bits per heavy atom. The summed E-state index contributed by atoms with van der Waals surface area (Å²) in [7, 11) is -0.979. The van der Waals surface area contributed by atoms with E-state index in [2.05, 4.69) is 39.2 Å². The van der Waals surface area contributed by atoms with Gasteiger partial charge in [-0.25, -0.2) is 14.6 Å². The third kappa shape index (κ3) is 2.90. The summed E-state index contributed by atoms with van der Waals surface area (Å²) in [5.74, 6) is 2.71. The lowest BCUT2D eigenvalue weighted by molar-refractivity contribution is 0.265. The molecule has 5 heterocycles. The number of thioether (sulfide) groups is 1. The van der Waals surface area contributed by atoms with E-state index in [0.717, 1.165) is 27.2 Å². The zero-order valence-electron chi connectivity index (χ0n) is 15.5. The number of fused-ring (bicyclic) bond motifs is 2. The van der Waals surface area contributed by atoms with Crippen molar-refractivity contribution in [3.8, 4) is 0 Å². The molecular formula is C18H23N5OS3. The highest BCUT2D eigenvalue weighted by molar-refractivity contribution is 8.17. The van der Waals surface area contributed by atoms with Gasteiger partial charge in [-0.2, -0.15) is 0 Å². The van der Waals surface area contributed by atoms with Crippen molar-refractivity contribution in [3.63, 3.8) is 0 Å². The maximum Gasteiger partial charge on any atom is 0.124 e. The Balaban J connectivity index is 1.57. The molecule has 5 atom stereocenters. The molecule has 1 fully saturated rings. The van der Waals surface area contributed by atoms with Crippen LogP contribution in [-0.2, 0) is 10.8 Å². The zero-order chi connectivity index (χ0) is 18.7. The number of thiazole rings is 1. The van der Waals surface area contributed by atoms with Crippen LogP contribution in [0.15, 0.2) is 27.7 Å². The lowest BCUT2D eigenvalue weighted by atomic mass is 9.78. The van der Waals surface area contributed by atoms with Crippen molar-refractivity contribution in [2.45, 2.75) is 44.5 Å². The molecule has 0 radical (unpaired) electrons. The van der Waals surface area contributed by atoms with E-state index in [1.165, 1.54) is 5.69 Å². The van der Waals surface area contributed by atoms with Gasteiger partial charge in [0.05, 0.1) is 44.0 Å². The van der Waals surface area contributed by atoms with E-state index in [1.807, 2.05) is 24.7 Å². The third-order valence-electron chi connectivity index (χ3n) is 5.42. The van der Waals surface area contributed by atoms with Gasteiger partial charge in [0.2, 0.25) is 0 Å². The van der Waals surface area contributed by atoms with Crippen LogP contribution >= 0.6 is 23.1 Å². The van der Waals surface area contributed by atoms with Gasteiger partial charge in [0, 0.05) is 29.2 Å². The van der Waals surface area contributed by atoms with Crippen molar-refractivity contribution in [1.29, 1.82) is 0 Å². The summed E-state index contributed by atoms with van der Waals surface area (Å²) in [4.78, 5) is 9.09. The van der Waals surface area contributed by atoms with Gasteiger partial charge in [-0.15, -0.1) is 11.3 Å². The minimum atomic E-state index is -0.979. The summed E-state index contributed by atoms with van der Waals surface area (Å²) < 4.78 is 16.2. The van der Waals surface area contributed by atoms with E-state index in [-0.39, 0.29) is 11.4 Å². The van der Waals surface area contributed by atoms with Crippen LogP contribution in [0.25, 0.3) is 0 Å². The Hall–Kier alpha value is -1.16. The smallest absolute Gasteiger partial charge is 0.124 e. The van der Waals surface area contributed by atoms with Gasteiger partial charge >= 0.3 is 0 Å². The summed E-state index contributed by atoms with van der Waals surface area (Å²) >= 11 is 3.45. The molecule has 0 aliphatic carbocycles. The molecule has 3 aliphatic heterocycles. The molecule has 27 heavy (non-hydrogen) atoms. The van der Waals surface area contributed by atoms with Crippen LogP contribution < -0.4 is 10.7 Å². The monoisotopic (exact) mass is 421 g/mol. The molecule has 0 amide bonds. The van der Waals surface area contributed by atoms with E-state index >= 15 is 0 Å². The fourth-order valence-corrected chi connectivity index (χ4v) is 8.39. The molecule has 0 bridgehead atoms. The first-order valence-electron chi connectivity index (χ1n) is 9.29. The minimum absolute atomic E-state index is 0.218. The molecule has 0 spiro atoms. The van der Waals surface area contributed by atoms with Gasteiger partial charge in [-0.3, -0.25) is 15.0 Å². The average Bonchev–Trinajstić information content (AvgIpc) is 3.35. The number of aromatic nitrogens is 3. The summed E-state index contributed by atoms with van der Waals surface area (Å²) in [5.41, 5.74) is 5.92. The van der Waals surface area contributed by atoms with Crippen LogP contribution in [0, 0.1) is 18.8 Å². The summed E-state index contributed by atoms with van der Waals surface area (Å²) in [6.45, 7) is 6.27. The average molecular weight is 422 g/mol. The Morgan fingerprint density at radius 3 is 3.00 bits per heavy atom. The zero-order valence-corrected chi connectivity index (χ0v) is 18.0. The van der Waals surface area contributed by atoms with Gasteiger partial charge in [0.25, 0.3) is 0 Å². The van der Waals surface area contributed by atoms with Crippen LogP contribution in [0.5, 0.6) is 0 Å². The van der Waals surface area contributed by atoms with E-state index in [9.17, 15) is 4.21 Å². The second-order valence-corrected chi connectivity index (χ2v) is 11.5. The standard InChI is InChI=1S/C18H23N5OS3/c1-9(2)8-27(24)18-15-14-11(13-7-20-10(3)23(13)22-15)6-12(21-17(14)26-18)16-19-4-5-25-16/h4-5,7,9,11-12,14,17,21-22H,6,8H2,1-3H3. The molecule has 5 unspecified atom stereocenters. The Labute approximate surface area is 169 Å². The molecule has 2 N–H and O–H groups in total. The first-order chi connectivity index (χ1) is 13.0. The number of nitrogens with one attached hydrogen (secondary N) is 2. The summed E-state index contributed by atoms with van der Waals surface area (Å²) in [6.07, 6.45) is 4.85. The highest BCUT2D eigenvalue weighted by Crippen LogP contribution is 2.55. The van der Waals surface area contributed by atoms with Gasteiger partial charge < -0.3 is 0 Å². The molecule has 6 nitrogen and oxygen atoms in total. The van der Waals surface area contributed by atoms with Crippen molar-refractivity contribution in [2.24, 2.45) is 11.8 Å². The van der Waals surface area contributed by atoms with Crippen molar-refractivity contribution < 1.29 is 4.21 Å². The molecule has 0 saturated carbocycles. The quantitative estimate of drug-likeness (QED) is 0.789. The van der Waals surface area contributed by atoms with Crippen LogP contribution in [0.3, 0.4) is 0 Å². The Morgan fingerprint density at radius 2 is 2.26 bits per heavy atom. The number of rotatable bonds is 4. The fraction of sp³-hybridized carbons (Fsp3) is 0.556. The van der Waals surface area contributed by atoms with Crippen LogP contribution in [0.1, 0.15) is 48.8 Å². The predicted molar refractivity (Wildman–Crippen MR) is 111 cm³/mol. The van der Waals surface area contributed by atoms with Crippen molar-refractivity contribution in [3.05, 3.63) is 44.2 Å². The van der Waals surface area contributed by atoms with Gasteiger partial charge in [0.15, 0.2) is 0 Å². The normalized spacial score (nSPS) is 30.2. The SMILES string of the molecule is Cc1ncc2n1NC1=C(S(=O)CC(C)C)SC3NC(c4nccs4)CC2C13. The number of aryl methyl sites for hydroxylation is 1. The van der Waals surface area contributed by atoms with Gasteiger partial charge in [0.1, 0.15) is 10.8 Å². The number of imidazole rings is 1. The highest BCUT2D eigenvalue weighted by atomic mass is 32.2. The Kier molecular flexibility index (Phi) is 4.46. The van der Waals surface area contributed by atoms with Gasteiger partial charge in [-0.05, 0) is 19.3 Å². The van der Waals surface area contributed by atoms with Crippen LogP contribution in [0.4, 0.5) is 0 Å². The molecule has 0 aromatic carbocycles. The van der Waals surface area contributed by atoms with E-state index < -0.39 is 10.8 Å². The van der Waals surface area contributed by atoms with E-state index in [0.29, 0.717) is 23.5 Å². The first kappa shape index (κ1) is 17.9. The lowest BCUT2D eigenvalue weighted by Gasteiger charge is -2.42. The van der Waals surface area contributed by atoms with Crippen molar-refractivity contribution in [2.75, 3.05) is 11.2 Å². The number of hydrogen-bond donors (Lipinski definition) is 2.